The van der Waals surface area contributed by atoms with Gasteiger partial charge in [-0.2, -0.15) is 13.2 Å². The lowest BCUT2D eigenvalue weighted by Gasteiger charge is -2.30. The lowest BCUT2D eigenvalue weighted by molar-refractivity contribution is -0.141. The summed E-state index contributed by atoms with van der Waals surface area (Å²) in [6, 6.07) is 1.18. The van der Waals surface area contributed by atoms with Gasteiger partial charge < -0.3 is 21.5 Å². The van der Waals surface area contributed by atoms with Crippen LogP contribution in [0.2, 0.25) is 0 Å². The third kappa shape index (κ3) is 4.21. The van der Waals surface area contributed by atoms with Crippen LogP contribution in [0.5, 0.6) is 0 Å². The number of carbonyl (C=O) groups is 1. The number of hydrogen-bond donors (Lipinski definition) is 4. The Morgan fingerprint density at radius 2 is 2.14 bits per heavy atom. The summed E-state index contributed by atoms with van der Waals surface area (Å²) in [6.07, 6.45) is -4.94. The number of aliphatic hydroxyl groups excluding tert-OH is 1. The van der Waals surface area contributed by atoms with Crippen LogP contribution in [-0.4, -0.2) is 41.2 Å². The predicted molar refractivity (Wildman–Crippen MR) is 75.9 cm³/mol. The number of primary amides is 1. The minimum atomic E-state index is -4.63. The summed E-state index contributed by atoms with van der Waals surface area (Å²) in [5.74, 6) is -1.15. The van der Waals surface area contributed by atoms with Gasteiger partial charge in [-0.1, -0.05) is 0 Å². The Morgan fingerprint density at radius 1 is 1.45 bits per heavy atom. The molecule has 2 atom stereocenters. The van der Waals surface area contributed by atoms with Gasteiger partial charge in [0.05, 0.1) is 17.7 Å². The number of aliphatic hydroxyl groups is 1. The normalized spacial score (nSPS) is 21.8. The number of amides is 1. The maximum atomic E-state index is 12.7. The van der Waals surface area contributed by atoms with E-state index in [1.54, 1.807) is 0 Å². The number of nitrogens with zero attached hydrogens (tertiary/aromatic N) is 1. The van der Waals surface area contributed by atoms with Gasteiger partial charge in [0, 0.05) is 6.54 Å². The number of piperidine rings is 1. The Hall–Kier alpha value is -1.58. The molecule has 5 N–H and O–H groups in total. The van der Waals surface area contributed by atoms with Gasteiger partial charge in [0.1, 0.15) is 11.5 Å². The SMILES string of the molecule is Cl.NC(=O)c1ccc(C(F)(F)F)nc1N[C@@H]1CCNC[C@H]1O. The van der Waals surface area contributed by atoms with Crippen LogP contribution in [-0.2, 0) is 6.18 Å². The number of rotatable bonds is 3. The van der Waals surface area contributed by atoms with Crippen LogP contribution in [0.15, 0.2) is 12.1 Å². The molecule has 0 radical (unpaired) electrons. The van der Waals surface area contributed by atoms with E-state index in [9.17, 15) is 23.1 Å². The Kier molecular flexibility index (Phi) is 5.98. The van der Waals surface area contributed by atoms with Crippen molar-refractivity contribution in [1.29, 1.82) is 0 Å². The van der Waals surface area contributed by atoms with Crippen LogP contribution in [0.3, 0.4) is 0 Å². The molecule has 0 spiro atoms. The molecule has 6 nitrogen and oxygen atoms in total. The van der Waals surface area contributed by atoms with Crippen molar-refractivity contribution in [2.24, 2.45) is 5.73 Å². The van der Waals surface area contributed by atoms with Crippen molar-refractivity contribution >= 4 is 24.1 Å². The quantitative estimate of drug-likeness (QED) is 0.651. The molecule has 1 saturated heterocycles. The second-order valence-electron chi connectivity index (χ2n) is 4.77. The van der Waals surface area contributed by atoms with E-state index in [1.807, 2.05) is 0 Å². The predicted octanol–water partition coefficient (Wildman–Crippen LogP) is 0.756. The van der Waals surface area contributed by atoms with E-state index in [0.717, 1.165) is 6.07 Å². The molecule has 0 unspecified atom stereocenters. The first-order valence-electron chi connectivity index (χ1n) is 6.32. The molecule has 1 aliphatic heterocycles. The van der Waals surface area contributed by atoms with E-state index in [4.69, 9.17) is 5.73 Å². The van der Waals surface area contributed by atoms with Gasteiger partial charge in [0.2, 0.25) is 0 Å². The maximum Gasteiger partial charge on any atom is 0.433 e. The molecule has 1 aromatic heterocycles. The van der Waals surface area contributed by atoms with Crippen molar-refractivity contribution in [1.82, 2.24) is 10.3 Å². The van der Waals surface area contributed by atoms with Crippen LogP contribution < -0.4 is 16.4 Å². The van der Waals surface area contributed by atoms with Crippen molar-refractivity contribution in [3.63, 3.8) is 0 Å². The summed E-state index contributed by atoms with van der Waals surface area (Å²) < 4.78 is 38.1. The Labute approximate surface area is 130 Å². The van der Waals surface area contributed by atoms with Gasteiger partial charge in [-0.15, -0.1) is 12.4 Å². The first-order valence-corrected chi connectivity index (χ1v) is 6.32. The van der Waals surface area contributed by atoms with Crippen LogP contribution in [0.4, 0.5) is 19.0 Å². The van der Waals surface area contributed by atoms with E-state index in [1.165, 1.54) is 0 Å². The fraction of sp³-hybridized carbons (Fsp3) is 0.500. The lowest BCUT2D eigenvalue weighted by atomic mass is 10.0. The molecule has 1 aliphatic rings. The smallest absolute Gasteiger partial charge is 0.390 e. The van der Waals surface area contributed by atoms with Crippen molar-refractivity contribution in [2.75, 3.05) is 18.4 Å². The molecule has 0 bridgehead atoms. The molecule has 22 heavy (non-hydrogen) atoms. The summed E-state index contributed by atoms with van der Waals surface area (Å²) >= 11 is 0. The minimum Gasteiger partial charge on any atom is -0.390 e. The molecule has 124 valence electrons. The second kappa shape index (κ2) is 7.12. The first kappa shape index (κ1) is 18.5. The second-order valence-corrected chi connectivity index (χ2v) is 4.77. The summed E-state index contributed by atoms with van der Waals surface area (Å²) in [4.78, 5) is 14.7. The topological polar surface area (TPSA) is 100 Å². The van der Waals surface area contributed by atoms with Crippen molar-refractivity contribution in [2.45, 2.75) is 24.7 Å². The summed E-state index contributed by atoms with van der Waals surface area (Å²) in [6.45, 7) is 0.905. The van der Waals surface area contributed by atoms with Gasteiger partial charge >= 0.3 is 6.18 Å². The van der Waals surface area contributed by atoms with E-state index >= 15 is 0 Å². The van der Waals surface area contributed by atoms with Gasteiger partial charge in [-0.05, 0) is 25.1 Å². The number of hydrogen-bond acceptors (Lipinski definition) is 5. The van der Waals surface area contributed by atoms with Crippen LogP contribution >= 0.6 is 12.4 Å². The fourth-order valence-electron chi connectivity index (χ4n) is 2.11. The zero-order valence-corrected chi connectivity index (χ0v) is 12.2. The standard InChI is InChI=1S/C12H15F3N4O2.ClH/c13-12(14,15)9-2-1-6(10(16)21)11(19-9)18-7-3-4-17-5-8(7)20;/h1-2,7-8,17,20H,3-5H2,(H2,16,21)(H,18,19);1H/t7-,8-;/m1./s1. The highest BCUT2D eigenvalue weighted by atomic mass is 35.5. The minimum absolute atomic E-state index is 0. The average Bonchev–Trinajstić information content (AvgIpc) is 2.40. The van der Waals surface area contributed by atoms with E-state index in [0.29, 0.717) is 25.6 Å². The van der Waals surface area contributed by atoms with Crippen LogP contribution in [0, 0.1) is 0 Å². The summed E-state index contributed by atoms with van der Waals surface area (Å²) in [5, 5.41) is 15.4. The third-order valence-electron chi connectivity index (χ3n) is 3.22. The number of pyridine rings is 1. The fourth-order valence-corrected chi connectivity index (χ4v) is 2.11. The van der Waals surface area contributed by atoms with Crippen molar-refractivity contribution in [3.05, 3.63) is 23.4 Å². The lowest BCUT2D eigenvalue weighted by Crippen LogP contribution is -2.48. The number of nitrogens with one attached hydrogen (secondary N) is 2. The number of anilines is 1. The zero-order chi connectivity index (χ0) is 15.6. The highest BCUT2D eigenvalue weighted by molar-refractivity contribution is 5.97. The van der Waals surface area contributed by atoms with E-state index < -0.39 is 29.9 Å². The van der Waals surface area contributed by atoms with E-state index in [-0.39, 0.29) is 23.8 Å². The molecular formula is C12H16ClF3N4O2. The van der Waals surface area contributed by atoms with Crippen LogP contribution in [0.25, 0.3) is 0 Å². The molecule has 2 heterocycles. The summed E-state index contributed by atoms with van der Waals surface area (Å²) in [7, 11) is 0. The van der Waals surface area contributed by atoms with Gasteiger partial charge in [-0.3, -0.25) is 4.79 Å². The van der Waals surface area contributed by atoms with Crippen LogP contribution in [0.1, 0.15) is 22.5 Å². The van der Waals surface area contributed by atoms with E-state index in [2.05, 4.69) is 15.6 Å². The van der Waals surface area contributed by atoms with Crippen molar-refractivity contribution in [3.8, 4) is 0 Å². The number of β-amino-alcohol motifs (C(OH)–C–C–N with tert-alkyl or cyclic N) is 1. The molecular weight excluding hydrogens is 325 g/mol. The number of aromatic nitrogens is 1. The molecule has 2 rings (SSSR count). The zero-order valence-electron chi connectivity index (χ0n) is 11.4. The number of halogens is 4. The first-order chi connectivity index (χ1) is 9.79. The summed E-state index contributed by atoms with van der Waals surface area (Å²) in [5.41, 5.74) is 3.87. The molecule has 10 heteroatoms. The molecule has 0 aromatic carbocycles. The molecule has 1 aromatic rings. The number of alkyl halides is 3. The number of nitrogens with two attached hydrogens (primary N) is 1. The average molecular weight is 341 g/mol. The maximum absolute atomic E-state index is 12.7. The Bertz CT molecular complexity index is 542. The Morgan fingerprint density at radius 3 is 2.68 bits per heavy atom. The highest BCUT2D eigenvalue weighted by Crippen LogP contribution is 2.29. The van der Waals surface area contributed by atoms with Gasteiger partial charge in [0.25, 0.3) is 5.91 Å². The molecule has 0 aliphatic carbocycles. The molecule has 1 amide bonds. The molecule has 1 fully saturated rings. The molecule has 0 saturated carbocycles. The highest BCUT2D eigenvalue weighted by Gasteiger charge is 2.34. The largest absolute Gasteiger partial charge is 0.433 e. The van der Waals surface area contributed by atoms with Gasteiger partial charge in [-0.25, -0.2) is 4.98 Å². The monoisotopic (exact) mass is 340 g/mol. The number of carbonyl (C=O) groups excluding carboxylic acids is 1. The third-order valence-corrected chi connectivity index (χ3v) is 3.22. The van der Waals surface area contributed by atoms with Gasteiger partial charge in [0.15, 0.2) is 0 Å². The van der Waals surface area contributed by atoms with Crippen molar-refractivity contribution < 1.29 is 23.1 Å². The Balaban J connectivity index is 0.00000242.